The van der Waals surface area contributed by atoms with Gasteiger partial charge in [-0.3, -0.25) is 4.79 Å². The third-order valence-electron chi connectivity index (χ3n) is 4.40. The molecule has 1 aromatic rings. The molecule has 0 aromatic carbocycles. The molecule has 28 heavy (non-hydrogen) atoms. The molecule has 1 aromatic heterocycles. The lowest BCUT2D eigenvalue weighted by Gasteiger charge is -2.27. The number of rotatable bonds is 6. The second-order valence-corrected chi connectivity index (χ2v) is 7.96. The van der Waals surface area contributed by atoms with Gasteiger partial charge in [0.05, 0.1) is 31.3 Å². The lowest BCUT2D eigenvalue weighted by Crippen LogP contribution is -2.40. The number of hydrogen-bond acceptors (Lipinski definition) is 5. The van der Waals surface area contributed by atoms with Gasteiger partial charge in [-0.1, -0.05) is 32.4 Å². The van der Waals surface area contributed by atoms with Crippen molar-refractivity contribution in [3.05, 3.63) is 22.5 Å². The number of nitrogens with zero attached hydrogens (tertiary/aromatic N) is 3. The first kappa shape index (κ1) is 22.4. The van der Waals surface area contributed by atoms with E-state index in [4.69, 9.17) is 16.3 Å². The molecular formula is C17H22ClF3N4O3. The molecule has 1 aliphatic heterocycles. The smallest absolute Gasteiger partial charge is 0.382 e. The number of hydrogen-bond donors (Lipinski definition) is 1. The number of urea groups is 1. The van der Waals surface area contributed by atoms with Crippen LogP contribution in [-0.4, -0.2) is 59.4 Å². The molecule has 156 valence electrons. The van der Waals surface area contributed by atoms with Gasteiger partial charge in [0.15, 0.2) is 5.15 Å². The van der Waals surface area contributed by atoms with Gasteiger partial charge in [0, 0.05) is 18.1 Å². The molecule has 0 bridgehead atoms. The van der Waals surface area contributed by atoms with Crippen molar-refractivity contribution >= 4 is 23.4 Å². The summed E-state index contributed by atoms with van der Waals surface area (Å²) in [6.45, 7) is 4.60. The predicted octanol–water partition coefficient (Wildman–Crippen LogP) is 2.93. The summed E-state index contributed by atoms with van der Waals surface area (Å²) in [5, 5.41) is 9.54. The first-order valence-electron chi connectivity index (χ1n) is 8.52. The molecule has 0 saturated carbocycles. The maximum Gasteiger partial charge on any atom is 0.410 e. The van der Waals surface area contributed by atoms with Gasteiger partial charge in [-0.05, 0) is 6.07 Å². The van der Waals surface area contributed by atoms with E-state index in [1.54, 1.807) is 20.8 Å². The number of methoxy groups -OCH3 is 1. The average molecular weight is 423 g/mol. The highest BCUT2D eigenvalue weighted by Gasteiger charge is 2.48. The number of aromatic nitrogens is 2. The Morgan fingerprint density at radius 3 is 2.54 bits per heavy atom. The van der Waals surface area contributed by atoms with Crippen LogP contribution in [0.3, 0.4) is 0 Å². The molecule has 11 heteroatoms. The van der Waals surface area contributed by atoms with Crippen LogP contribution in [0.5, 0.6) is 0 Å². The highest BCUT2D eigenvalue weighted by molar-refractivity contribution is 6.30. The van der Waals surface area contributed by atoms with E-state index in [-0.39, 0.29) is 29.5 Å². The first-order chi connectivity index (χ1) is 12.8. The van der Waals surface area contributed by atoms with Crippen molar-refractivity contribution in [1.29, 1.82) is 0 Å². The Hall–Kier alpha value is -1.94. The van der Waals surface area contributed by atoms with Gasteiger partial charge in [-0.2, -0.15) is 18.3 Å². The third kappa shape index (κ3) is 5.11. The molecular weight excluding hydrogens is 401 g/mol. The molecule has 0 spiro atoms. The summed E-state index contributed by atoms with van der Waals surface area (Å²) in [5.41, 5.74) is -0.0112. The van der Waals surface area contributed by atoms with E-state index in [2.05, 4.69) is 10.2 Å². The third-order valence-corrected chi connectivity index (χ3v) is 4.69. The number of halogens is 4. The molecule has 1 N–H and O–H groups in total. The van der Waals surface area contributed by atoms with Crippen LogP contribution in [0.25, 0.3) is 0 Å². The lowest BCUT2D eigenvalue weighted by atomic mass is 9.88. The van der Waals surface area contributed by atoms with E-state index in [0.29, 0.717) is 5.69 Å². The zero-order valence-electron chi connectivity index (χ0n) is 15.9. The Morgan fingerprint density at radius 1 is 1.39 bits per heavy atom. The SMILES string of the molecule is COC[C@H](c1cc(CC(=O)C(C)(C)C)nnc1Cl)N1C[C@@H](C(F)(F)F)NC1=O. The maximum absolute atomic E-state index is 13.0. The number of amides is 2. The van der Waals surface area contributed by atoms with Gasteiger partial charge in [0.25, 0.3) is 0 Å². The number of nitrogens with one attached hydrogen (secondary N) is 1. The van der Waals surface area contributed by atoms with Crippen molar-refractivity contribution in [2.24, 2.45) is 5.41 Å². The first-order valence-corrected chi connectivity index (χ1v) is 8.90. The minimum absolute atomic E-state index is 0.0161. The van der Waals surface area contributed by atoms with Crippen molar-refractivity contribution in [2.75, 3.05) is 20.3 Å². The number of carbonyl (C=O) groups is 2. The fourth-order valence-electron chi connectivity index (χ4n) is 2.70. The zero-order valence-corrected chi connectivity index (χ0v) is 16.7. The summed E-state index contributed by atoms with van der Waals surface area (Å²) >= 11 is 6.11. The molecule has 2 heterocycles. The van der Waals surface area contributed by atoms with E-state index in [1.165, 1.54) is 13.2 Å². The van der Waals surface area contributed by atoms with Crippen LogP contribution >= 0.6 is 11.6 Å². The molecule has 1 fully saturated rings. The summed E-state index contributed by atoms with van der Waals surface area (Å²) in [7, 11) is 1.36. The van der Waals surface area contributed by atoms with Gasteiger partial charge in [-0.25, -0.2) is 4.79 Å². The van der Waals surface area contributed by atoms with Crippen LogP contribution in [0.2, 0.25) is 5.15 Å². The molecule has 0 aliphatic carbocycles. The fraction of sp³-hybridized carbons (Fsp3) is 0.647. The summed E-state index contributed by atoms with van der Waals surface area (Å²) in [4.78, 5) is 25.4. The summed E-state index contributed by atoms with van der Waals surface area (Å²) in [6.07, 6.45) is -4.59. The molecule has 1 saturated heterocycles. The summed E-state index contributed by atoms with van der Waals surface area (Å²) in [6, 6.07) is -2.31. The minimum Gasteiger partial charge on any atom is -0.382 e. The van der Waals surface area contributed by atoms with Gasteiger partial charge >= 0.3 is 12.2 Å². The van der Waals surface area contributed by atoms with Crippen molar-refractivity contribution in [3.8, 4) is 0 Å². The lowest BCUT2D eigenvalue weighted by molar-refractivity contribution is -0.150. The van der Waals surface area contributed by atoms with Gasteiger partial charge in [0.2, 0.25) is 0 Å². The number of Topliss-reactive ketones (excluding diaryl/α,β-unsaturated/α-hetero) is 1. The minimum atomic E-state index is -4.58. The Morgan fingerprint density at radius 2 is 2.04 bits per heavy atom. The number of ether oxygens (including phenoxy) is 1. The molecule has 0 unspecified atom stereocenters. The molecule has 7 nitrogen and oxygen atoms in total. The van der Waals surface area contributed by atoms with E-state index >= 15 is 0 Å². The van der Waals surface area contributed by atoms with Crippen LogP contribution < -0.4 is 5.32 Å². The van der Waals surface area contributed by atoms with Crippen LogP contribution in [-0.2, 0) is 16.0 Å². The number of carbonyl (C=O) groups excluding carboxylic acids is 2. The molecule has 1 aliphatic rings. The molecule has 0 radical (unpaired) electrons. The van der Waals surface area contributed by atoms with Crippen LogP contribution in [0.4, 0.5) is 18.0 Å². The highest BCUT2D eigenvalue weighted by Crippen LogP contribution is 2.32. The molecule has 2 amide bonds. The predicted molar refractivity (Wildman–Crippen MR) is 94.9 cm³/mol. The van der Waals surface area contributed by atoms with E-state index in [1.807, 2.05) is 5.32 Å². The average Bonchev–Trinajstić information content (AvgIpc) is 2.95. The molecule has 2 atom stereocenters. The maximum atomic E-state index is 13.0. The Balaban J connectivity index is 2.34. The normalized spacial score (nSPS) is 18.9. The largest absolute Gasteiger partial charge is 0.410 e. The second kappa shape index (κ2) is 8.20. The van der Waals surface area contributed by atoms with Crippen molar-refractivity contribution in [2.45, 2.75) is 45.5 Å². The van der Waals surface area contributed by atoms with Gasteiger partial charge in [0.1, 0.15) is 11.8 Å². The number of ketones is 1. The van der Waals surface area contributed by atoms with Crippen molar-refractivity contribution in [1.82, 2.24) is 20.4 Å². The monoisotopic (exact) mass is 422 g/mol. The zero-order chi connectivity index (χ0) is 21.3. The standard InChI is InChI=1S/C17H22ClF3N4O3/c1-16(2,3)13(26)6-9-5-10(14(18)24-23-9)11(8-28-4)25-7-12(17(19,20)21)22-15(25)27/h5,11-12H,6-8H2,1-4H3,(H,22,27)/t11-,12+/m1/s1. The van der Waals surface area contributed by atoms with Crippen molar-refractivity contribution < 1.29 is 27.5 Å². The van der Waals surface area contributed by atoms with Gasteiger partial charge in [-0.15, -0.1) is 5.10 Å². The Labute approximate surface area is 165 Å². The summed E-state index contributed by atoms with van der Waals surface area (Å²) < 4.78 is 44.1. The summed E-state index contributed by atoms with van der Waals surface area (Å²) in [5.74, 6) is -0.0885. The van der Waals surface area contributed by atoms with E-state index in [9.17, 15) is 22.8 Å². The van der Waals surface area contributed by atoms with E-state index < -0.39 is 36.3 Å². The fourth-order valence-corrected chi connectivity index (χ4v) is 2.92. The molecule has 2 rings (SSSR count). The van der Waals surface area contributed by atoms with Gasteiger partial charge < -0.3 is 15.0 Å². The van der Waals surface area contributed by atoms with E-state index in [0.717, 1.165) is 4.90 Å². The highest BCUT2D eigenvalue weighted by atomic mass is 35.5. The quantitative estimate of drug-likeness (QED) is 0.762. The second-order valence-electron chi connectivity index (χ2n) is 7.60. The Kier molecular flexibility index (Phi) is 6.55. The number of alkyl halides is 3. The Bertz CT molecular complexity index is 752. The van der Waals surface area contributed by atoms with Crippen LogP contribution in [0, 0.1) is 5.41 Å². The van der Waals surface area contributed by atoms with Crippen LogP contribution in [0.1, 0.15) is 38.1 Å². The van der Waals surface area contributed by atoms with Crippen LogP contribution in [0.15, 0.2) is 6.07 Å². The van der Waals surface area contributed by atoms with Crippen molar-refractivity contribution in [3.63, 3.8) is 0 Å². The topological polar surface area (TPSA) is 84.4 Å².